The van der Waals surface area contributed by atoms with Crippen LogP contribution in [0.1, 0.15) is 183 Å². The number of nitrogens with zero attached hydrogens (tertiary/aromatic N) is 4. The van der Waals surface area contributed by atoms with Crippen molar-refractivity contribution in [2.75, 3.05) is 11.5 Å². The van der Waals surface area contributed by atoms with Crippen LogP contribution in [0.25, 0.3) is 58.3 Å². The number of hydrogen-bond acceptors (Lipinski definition) is 12. The lowest BCUT2D eigenvalue weighted by molar-refractivity contribution is 0.261. The molecule has 6 heterocycles. The Morgan fingerprint density at radius 3 is 1.59 bits per heavy atom. The van der Waals surface area contributed by atoms with Gasteiger partial charge >= 0.3 is 0 Å². The first kappa shape index (κ1) is 52.9. The minimum atomic E-state index is -0.274. The van der Waals surface area contributed by atoms with E-state index in [-0.39, 0.29) is 5.41 Å². The number of thiophene rings is 3. The predicted octanol–water partition coefficient (Wildman–Crippen LogP) is 19.6. The Labute approximate surface area is 443 Å². The first-order chi connectivity index (χ1) is 34.2. The number of unbranched alkanes of at least 4 members (excludes halogenated alkanes) is 8. The molecule has 70 heavy (non-hydrogen) atoms. The van der Waals surface area contributed by atoms with Gasteiger partial charge in [-0.1, -0.05) is 138 Å². The van der Waals surface area contributed by atoms with Crippen molar-refractivity contribution in [3.05, 3.63) is 86.5 Å². The minimum Gasteiger partial charge on any atom is -0.398 e. The first-order valence-electron chi connectivity index (χ1n) is 26.6. The third kappa shape index (κ3) is 11.7. The maximum atomic E-state index is 7.19. The lowest BCUT2D eigenvalue weighted by Gasteiger charge is -2.42. The summed E-state index contributed by atoms with van der Waals surface area (Å²) in [4.78, 5) is 8.99. The molecule has 5 aromatic heterocycles. The van der Waals surface area contributed by atoms with Crippen molar-refractivity contribution in [3.8, 4) is 31.3 Å². The van der Waals surface area contributed by atoms with E-state index in [2.05, 4.69) is 90.1 Å². The van der Waals surface area contributed by atoms with Crippen molar-refractivity contribution in [2.45, 2.75) is 181 Å². The van der Waals surface area contributed by atoms with E-state index in [1.54, 1.807) is 0 Å². The standard InChI is InChI=1S/C58H76N6S6/c1-8-14-18-20-24-40-26-28-47(66-40)52-45(59)31-42(54-56(52)63-69-61-54)49-30-37(7)58(34-38(12-5)22-16-10-3,35-39(13-6)23-17-11-4)44-33-50(68-51(44)36-65-49)43-32-46(60)53(57-55(43)62-70-64-57)48-29-27-41(67-48)25-21-19-15-9-2/h26-33,38-39H,7-25,34-36,59-60H2,1-6H3/b49-30-. The van der Waals surface area contributed by atoms with E-state index in [1.165, 1.54) is 159 Å². The van der Waals surface area contributed by atoms with Gasteiger partial charge in [0.2, 0.25) is 0 Å². The van der Waals surface area contributed by atoms with Gasteiger partial charge in [0.25, 0.3) is 0 Å². The summed E-state index contributed by atoms with van der Waals surface area (Å²) in [5.74, 6) is 1.96. The number of nitrogens with two attached hydrogens (primary N) is 2. The molecule has 7 aromatic rings. The molecule has 2 unspecified atom stereocenters. The van der Waals surface area contributed by atoms with Gasteiger partial charge in [-0.15, -0.1) is 45.8 Å². The molecule has 0 bridgehead atoms. The Kier molecular flexibility index (Phi) is 18.9. The third-order valence-electron chi connectivity index (χ3n) is 15.0. The number of benzene rings is 2. The average Bonchev–Trinajstić information content (AvgIpc) is 4.24. The zero-order chi connectivity index (χ0) is 49.2. The van der Waals surface area contributed by atoms with Crippen LogP contribution < -0.4 is 11.5 Å². The second-order valence-electron chi connectivity index (χ2n) is 19.9. The summed E-state index contributed by atoms with van der Waals surface area (Å²) in [6.07, 6.45) is 26.5. The predicted molar refractivity (Wildman–Crippen MR) is 315 cm³/mol. The van der Waals surface area contributed by atoms with Gasteiger partial charge < -0.3 is 11.5 Å². The van der Waals surface area contributed by atoms with E-state index in [1.807, 2.05) is 45.8 Å². The zero-order valence-corrected chi connectivity index (χ0v) is 47.6. The van der Waals surface area contributed by atoms with Crippen molar-refractivity contribution in [2.24, 2.45) is 11.8 Å². The van der Waals surface area contributed by atoms with Crippen LogP contribution in [0.2, 0.25) is 0 Å². The summed E-state index contributed by atoms with van der Waals surface area (Å²) < 4.78 is 20.1. The summed E-state index contributed by atoms with van der Waals surface area (Å²) in [6, 6.07) is 16.0. The molecule has 0 spiro atoms. The highest BCUT2D eigenvalue weighted by Gasteiger charge is 2.42. The second-order valence-corrected chi connectivity index (χ2v) is 25.5. The average molecular weight is 1050 g/mol. The summed E-state index contributed by atoms with van der Waals surface area (Å²) in [6.45, 7) is 19.2. The molecule has 0 radical (unpaired) electrons. The molecule has 374 valence electrons. The van der Waals surface area contributed by atoms with Crippen molar-refractivity contribution >= 4 is 108 Å². The number of allylic oxidation sites excluding steroid dienone is 2. The fraction of sp³-hybridized carbons (Fsp3) is 0.517. The van der Waals surface area contributed by atoms with Gasteiger partial charge in [0.05, 0.1) is 23.5 Å². The number of aromatic nitrogens is 4. The van der Waals surface area contributed by atoms with Crippen LogP contribution in [0.5, 0.6) is 0 Å². The second kappa shape index (κ2) is 25.0. The van der Waals surface area contributed by atoms with Gasteiger partial charge in [0, 0.05) is 79.0 Å². The highest BCUT2D eigenvalue weighted by molar-refractivity contribution is 8.07. The van der Waals surface area contributed by atoms with Crippen LogP contribution in [-0.4, -0.2) is 17.5 Å². The van der Waals surface area contributed by atoms with Gasteiger partial charge in [0.1, 0.15) is 22.1 Å². The van der Waals surface area contributed by atoms with Gasteiger partial charge in [-0.2, -0.15) is 17.5 Å². The van der Waals surface area contributed by atoms with E-state index < -0.39 is 0 Å². The summed E-state index contributed by atoms with van der Waals surface area (Å²) in [5.41, 5.74) is 26.2. The normalized spacial score (nSPS) is 16.9. The highest BCUT2D eigenvalue weighted by atomic mass is 32.2. The molecule has 2 aromatic carbocycles. The number of thioether (sulfide) groups is 1. The molecule has 6 nitrogen and oxygen atoms in total. The van der Waals surface area contributed by atoms with Crippen molar-refractivity contribution in [3.63, 3.8) is 0 Å². The number of aryl methyl sites for hydroxylation is 2. The maximum absolute atomic E-state index is 7.19. The number of hydrogen-bond donors (Lipinski definition) is 2. The monoisotopic (exact) mass is 1050 g/mol. The Morgan fingerprint density at radius 2 is 1.07 bits per heavy atom. The van der Waals surface area contributed by atoms with Gasteiger partial charge in [-0.25, -0.2) is 0 Å². The van der Waals surface area contributed by atoms with E-state index in [0.29, 0.717) is 11.8 Å². The molecule has 12 heteroatoms. The number of rotatable bonds is 26. The van der Waals surface area contributed by atoms with Gasteiger partial charge in [-0.05, 0) is 110 Å². The lowest BCUT2D eigenvalue weighted by Crippen LogP contribution is -2.34. The molecule has 2 atom stereocenters. The summed E-state index contributed by atoms with van der Waals surface area (Å²) >= 11 is 10.1. The van der Waals surface area contributed by atoms with E-state index >= 15 is 0 Å². The molecule has 0 fully saturated rings. The SMILES string of the molecule is C=C1/C=C(/c2cc(N)c(-c3ccc(CCCCCC)s3)c3nsnc23)SCc2sc(-c3cc(N)c(-c4ccc(CCCCCC)s4)c4nsnc34)cc2C1(CC(CC)CCCC)CC(CC)CCCC. The molecule has 0 aliphatic carbocycles. The van der Waals surface area contributed by atoms with Crippen LogP contribution in [0.15, 0.2) is 60.7 Å². The Bertz CT molecular complexity index is 2840. The molecule has 4 N–H and O–H groups in total. The fourth-order valence-electron chi connectivity index (χ4n) is 10.9. The van der Waals surface area contributed by atoms with Crippen LogP contribution in [0, 0.1) is 11.8 Å². The van der Waals surface area contributed by atoms with Gasteiger partial charge in [0.15, 0.2) is 0 Å². The molecule has 0 amide bonds. The Hall–Kier alpha value is -3.39. The largest absolute Gasteiger partial charge is 0.398 e. The highest BCUT2D eigenvalue weighted by Crippen LogP contribution is 2.56. The fourth-order valence-corrected chi connectivity index (χ4v) is 16.7. The quantitative estimate of drug-likeness (QED) is 0.0411. The number of nitrogen functional groups attached to an aromatic ring is 2. The Balaban J connectivity index is 1.24. The smallest absolute Gasteiger partial charge is 0.116 e. The van der Waals surface area contributed by atoms with Crippen LogP contribution in [-0.2, 0) is 24.0 Å². The molecule has 0 saturated carbocycles. The first-order valence-corrected chi connectivity index (χ1v) is 31.5. The summed E-state index contributed by atoms with van der Waals surface area (Å²) in [5, 5.41) is 0. The third-order valence-corrected chi connectivity index (χ3v) is 20.8. The number of anilines is 2. The maximum Gasteiger partial charge on any atom is 0.116 e. The minimum absolute atomic E-state index is 0.274. The van der Waals surface area contributed by atoms with Gasteiger partial charge in [-0.3, -0.25) is 0 Å². The van der Waals surface area contributed by atoms with E-state index in [9.17, 15) is 0 Å². The van der Waals surface area contributed by atoms with Crippen LogP contribution in [0.4, 0.5) is 11.4 Å². The number of fused-ring (bicyclic) bond motifs is 3. The summed E-state index contributed by atoms with van der Waals surface area (Å²) in [7, 11) is 0. The van der Waals surface area contributed by atoms with Crippen molar-refractivity contribution < 1.29 is 0 Å². The molecular formula is C58H76N6S6. The lowest BCUT2D eigenvalue weighted by atomic mass is 9.62. The van der Waals surface area contributed by atoms with E-state index in [0.717, 1.165) is 100.0 Å². The molecule has 1 aliphatic rings. The van der Waals surface area contributed by atoms with Crippen molar-refractivity contribution in [1.82, 2.24) is 17.5 Å². The molecule has 1 aliphatic heterocycles. The Morgan fingerprint density at radius 1 is 0.571 bits per heavy atom. The topological polar surface area (TPSA) is 104 Å². The zero-order valence-electron chi connectivity index (χ0n) is 42.7. The van der Waals surface area contributed by atoms with Crippen LogP contribution in [0.3, 0.4) is 0 Å². The van der Waals surface area contributed by atoms with Crippen LogP contribution >= 0.6 is 69.2 Å². The molecule has 8 rings (SSSR count). The van der Waals surface area contributed by atoms with Crippen molar-refractivity contribution in [1.29, 1.82) is 0 Å². The molecule has 0 saturated heterocycles. The molecular weight excluding hydrogens is 973 g/mol. The van der Waals surface area contributed by atoms with E-state index in [4.69, 9.17) is 35.5 Å².